The van der Waals surface area contributed by atoms with E-state index in [0.29, 0.717) is 0 Å². The van der Waals surface area contributed by atoms with E-state index in [1.807, 2.05) is 29.5 Å². The molecule has 0 aliphatic heterocycles. The Morgan fingerprint density at radius 3 is 2.76 bits per heavy atom. The molecule has 1 fully saturated rings. The molecule has 0 bridgehead atoms. The molecule has 1 aromatic carbocycles. The summed E-state index contributed by atoms with van der Waals surface area (Å²) < 4.78 is 0. The minimum absolute atomic E-state index is 0.765. The number of nitrogens with one attached hydrogen (secondary N) is 1. The number of thiophene rings is 1. The van der Waals surface area contributed by atoms with Crippen molar-refractivity contribution in [3.05, 3.63) is 46.3 Å². The molecule has 0 atom stereocenters. The summed E-state index contributed by atoms with van der Waals surface area (Å²) in [6.45, 7) is 0.986. The van der Waals surface area contributed by atoms with Crippen LogP contribution in [-0.4, -0.2) is 6.04 Å². The molecule has 3 rings (SSSR count). The Balaban J connectivity index is 1.77. The maximum Gasteiger partial charge on any atom is 0.0492 e. The van der Waals surface area contributed by atoms with Gasteiger partial charge in [-0.25, -0.2) is 0 Å². The van der Waals surface area contributed by atoms with E-state index in [1.165, 1.54) is 22.6 Å². The average Bonchev–Trinajstić information content (AvgIpc) is 3.06. The third kappa shape index (κ3) is 2.71. The molecule has 1 saturated carbocycles. The fourth-order valence-corrected chi connectivity index (χ4v) is 3.10. The van der Waals surface area contributed by atoms with E-state index in [1.54, 1.807) is 0 Å². The Morgan fingerprint density at radius 2 is 2.00 bits per heavy atom. The number of benzene rings is 1. The van der Waals surface area contributed by atoms with E-state index in [-0.39, 0.29) is 0 Å². The highest BCUT2D eigenvalue weighted by Crippen LogP contribution is 2.33. The Kier molecular flexibility index (Phi) is 3.19. The van der Waals surface area contributed by atoms with Crippen LogP contribution in [0.15, 0.2) is 36.4 Å². The first kappa shape index (κ1) is 11.3. The summed E-state index contributed by atoms with van der Waals surface area (Å²) in [4.78, 5) is 2.63. The molecule has 17 heavy (non-hydrogen) atoms. The van der Waals surface area contributed by atoms with E-state index >= 15 is 0 Å². The summed E-state index contributed by atoms with van der Waals surface area (Å²) in [6.07, 6.45) is 2.67. The van der Waals surface area contributed by atoms with Gasteiger partial charge in [-0.15, -0.1) is 11.3 Å². The van der Waals surface area contributed by atoms with Gasteiger partial charge in [-0.1, -0.05) is 29.8 Å². The van der Waals surface area contributed by atoms with Gasteiger partial charge in [0.1, 0.15) is 0 Å². The number of hydrogen-bond donors (Lipinski definition) is 1. The molecule has 1 nitrogen and oxygen atoms in total. The first-order valence-electron chi connectivity index (χ1n) is 5.90. The van der Waals surface area contributed by atoms with Crippen LogP contribution < -0.4 is 5.32 Å². The summed E-state index contributed by atoms with van der Waals surface area (Å²) in [5.74, 6) is 0. The van der Waals surface area contributed by atoms with Gasteiger partial charge in [-0.05, 0) is 31.0 Å². The lowest BCUT2D eigenvalue weighted by Gasteiger charge is -2.00. The number of rotatable bonds is 4. The molecule has 88 valence electrons. The third-order valence-electron chi connectivity index (χ3n) is 2.94. The Labute approximate surface area is 110 Å². The second-order valence-electron chi connectivity index (χ2n) is 4.40. The minimum atomic E-state index is 0.765. The zero-order valence-electron chi connectivity index (χ0n) is 9.45. The van der Waals surface area contributed by atoms with Gasteiger partial charge in [0.15, 0.2) is 0 Å². The molecular weight excluding hydrogens is 250 g/mol. The second kappa shape index (κ2) is 4.81. The molecule has 0 saturated heterocycles. The van der Waals surface area contributed by atoms with Crippen molar-refractivity contribution in [2.75, 3.05) is 0 Å². The zero-order valence-corrected chi connectivity index (χ0v) is 11.0. The van der Waals surface area contributed by atoms with E-state index in [2.05, 4.69) is 23.5 Å². The molecule has 3 heteroatoms. The first-order chi connectivity index (χ1) is 8.33. The zero-order chi connectivity index (χ0) is 11.7. The predicted octanol–water partition coefficient (Wildman–Crippen LogP) is 4.32. The van der Waals surface area contributed by atoms with Crippen molar-refractivity contribution >= 4 is 22.9 Å². The maximum absolute atomic E-state index is 6.20. The molecule has 0 spiro atoms. The monoisotopic (exact) mass is 263 g/mol. The molecule has 1 aliphatic rings. The smallest absolute Gasteiger partial charge is 0.0492 e. The molecule has 0 unspecified atom stereocenters. The van der Waals surface area contributed by atoms with E-state index in [9.17, 15) is 0 Å². The van der Waals surface area contributed by atoms with Crippen molar-refractivity contribution in [3.63, 3.8) is 0 Å². The van der Waals surface area contributed by atoms with Crippen LogP contribution in [-0.2, 0) is 6.54 Å². The van der Waals surface area contributed by atoms with Gasteiger partial charge < -0.3 is 5.32 Å². The fourth-order valence-electron chi connectivity index (χ4n) is 1.81. The summed E-state index contributed by atoms with van der Waals surface area (Å²) in [5.41, 5.74) is 1.14. The highest BCUT2D eigenvalue weighted by atomic mass is 35.5. The number of hydrogen-bond acceptors (Lipinski definition) is 2. The molecule has 1 aliphatic carbocycles. The minimum Gasteiger partial charge on any atom is -0.309 e. The van der Waals surface area contributed by atoms with Crippen LogP contribution in [0.1, 0.15) is 17.7 Å². The van der Waals surface area contributed by atoms with Crippen LogP contribution >= 0.6 is 22.9 Å². The van der Waals surface area contributed by atoms with Crippen molar-refractivity contribution in [2.24, 2.45) is 0 Å². The SMILES string of the molecule is Clc1ccccc1-c1ccc(CNC2CC2)s1. The largest absolute Gasteiger partial charge is 0.309 e. The average molecular weight is 264 g/mol. The molecular formula is C14H14ClNS. The van der Waals surface area contributed by atoms with Crippen molar-refractivity contribution in [1.29, 1.82) is 0 Å². The topological polar surface area (TPSA) is 12.0 Å². The molecule has 1 aromatic heterocycles. The van der Waals surface area contributed by atoms with Crippen LogP contribution in [0.3, 0.4) is 0 Å². The van der Waals surface area contributed by atoms with E-state index in [0.717, 1.165) is 23.2 Å². The van der Waals surface area contributed by atoms with Crippen molar-refractivity contribution < 1.29 is 0 Å². The van der Waals surface area contributed by atoms with Crippen LogP contribution in [0.2, 0.25) is 5.02 Å². The Bertz CT molecular complexity index is 516. The summed E-state index contributed by atoms with van der Waals surface area (Å²) in [5, 5.41) is 4.36. The Hall–Kier alpha value is -0.830. The molecule has 1 N–H and O–H groups in total. The molecule has 0 amide bonds. The lowest BCUT2D eigenvalue weighted by Crippen LogP contribution is -2.14. The van der Waals surface area contributed by atoms with Crippen LogP contribution in [0.5, 0.6) is 0 Å². The van der Waals surface area contributed by atoms with Gasteiger partial charge in [0.05, 0.1) is 0 Å². The first-order valence-corrected chi connectivity index (χ1v) is 7.09. The van der Waals surface area contributed by atoms with Crippen LogP contribution in [0.25, 0.3) is 10.4 Å². The van der Waals surface area contributed by atoms with Gasteiger partial charge >= 0.3 is 0 Å². The third-order valence-corrected chi connectivity index (χ3v) is 4.39. The van der Waals surface area contributed by atoms with Crippen LogP contribution in [0, 0.1) is 0 Å². The molecule has 0 radical (unpaired) electrons. The van der Waals surface area contributed by atoms with Crippen LogP contribution in [0.4, 0.5) is 0 Å². The van der Waals surface area contributed by atoms with Gasteiger partial charge in [0.2, 0.25) is 0 Å². The van der Waals surface area contributed by atoms with Gasteiger partial charge in [-0.2, -0.15) is 0 Å². The standard InChI is InChI=1S/C14H14ClNS/c15-13-4-2-1-3-12(13)14-8-7-11(17-14)9-16-10-5-6-10/h1-4,7-8,10,16H,5-6,9H2. The van der Waals surface area contributed by atoms with Gasteiger partial charge in [0, 0.05) is 32.9 Å². The fraction of sp³-hybridized carbons (Fsp3) is 0.286. The van der Waals surface area contributed by atoms with Crippen molar-refractivity contribution in [3.8, 4) is 10.4 Å². The van der Waals surface area contributed by atoms with Crippen molar-refractivity contribution in [1.82, 2.24) is 5.32 Å². The van der Waals surface area contributed by atoms with Gasteiger partial charge in [-0.3, -0.25) is 0 Å². The summed E-state index contributed by atoms with van der Waals surface area (Å²) in [6, 6.07) is 13.1. The highest BCUT2D eigenvalue weighted by molar-refractivity contribution is 7.15. The lowest BCUT2D eigenvalue weighted by molar-refractivity contribution is 0.695. The van der Waals surface area contributed by atoms with Gasteiger partial charge in [0.25, 0.3) is 0 Å². The second-order valence-corrected chi connectivity index (χ2v) is 5.98. The van der Waals surface area contributed by atoms with E-state index in [4.69, 9.17) is 11.6 Å². The van der Waals surface area contributed by atoms with E-state index < -0.39 is 0 Å². The van der Waals surface area contributed by atoms with Crippen molar-refractivity contribution in [2.45, 2.75) is 25.4 Å². The maximum atomic E-state index is 6.20. The number of halogens is 1. The highest BCUT2D eigenvalue weighted by Gasteiger charge is 2.20. The Morgan fingerprint density at radius 1 is 1.18 bits per heavy atom. The normalized spacial score (nSPS) is 15.1. The quantitative estimate of drug-likeness (QED) is 0.866. The molecule has 1 heterocycles. The summed E-state index contributed by atoms with van der Waals surface area (Å²) >= 11 is 8.02. The predicted molar refractivity (Wildman–Crippen MR) is 74.6 cm³/mol. The summed E-state index contributed by atoms with van der Waals surface area (Å²) in [7, 11) is 0. The lowest BCUT2D eigenvalue weighted by atomic mass is 10.2. The molecule has 2 aromatic rings.